The fraction of sp³-hybridized carbons (Fsp3) is 0.409. The fourth-order valence-electron chi connectivity index (χ4n) is 3.39. The molecule has 154 valence electrons. The van der Waals surface area contributed by atoms with Crippen LogP contribution in [0.25, 0.3) is 11.1 Å². The van der Waals surface area contributed by atoms with E-state index < -0.39 is 5.97 Å². The highest BCUT2D eigenvalue weighted by Gasteiger charge is 2.23. The van der Waals surface area contributed by atoms with Crippen LogP contribution in [-0.2, 0) is 11.3 Å². The predicted octanol–water partition coefficient (Wildman–Crippen LogP) is 3.99. The fourth-order valence-corrected chi connectivity index (χ4v) is 3.39. The molecule has 7 heteroatoms. The van der Waals surface area contributed by atoms with Crippen LogP contribution < -0.4 is 10.3 Å². The van der Waals surface area contributed by atoms with Crippen molar-refractivity contribution in [3.8, 4) is 5.75 Å². The van der Waals surface area contributed by atoms with Crippen LogP contribution in [0.5, 0.6) is 5.75 Å². The third-order valence-electron chi connectivity index (χ3n) is 4.80. The largest absolute Gasteiger partial charge is 0.492 e. The first-order chi connectivity index (χ1) is 13.8. The molecule has 0 unspecified atom stereocenters. The van der Waals surface area contributed by atoms with Crippen LogP contribution in [0.1, 0.15) is 53.9 Å². The molecule has 29 heavy (non-hydrogen) atoms. The van der Waals surface area contributed by atoms with Gasteiger partial charge in [-0.05, 0) is 49.9 Å². The topological polar surface area (TPSA) is 83.6 Å². The van der Waals surface area contributed by atoms with Crippen LogP contribution in [0.2, 0.25) is 0 Å². The van der Waals surface area contributed by atoms with E-state index >= 15 is 0 Å². The molecule has 0 bridgehead atoms. The van der Waals surface area contributed by atoms with Crippen LogP contribution in [0, 0.1) is 13.8 Å². The van der Waals surface area contributed by atoms with Gasteiger partial charge in [-0.3, -0.25) is 9.36 Å². The van der Waals surface area contributed by atoms with Crippen molar-refractivity contribution in [2.45, 2.75) is 47.1 Å². The van der Waals surface area contributed by atoms with Gasteiger partial charge in [0.15, 0.2) is 0 Å². The lowest BCUT2D eigenvalue weighted by molar-refractivity contribution is 0.0526. The molecule has 2 aromatic heterocycles. The second kappa shape index (κ2) is 8.51. The summed E-state index contributed by atoms with van der Waals surface area (Å²) >= 11 is 0. The molecule has 0 aliphatic heterocycles. The van der Waals surface area contributed by atoms with Gasteiger partial charge in [-0.1, -0.05) is 19.9 Å². The van der Waals surface area contributed by atoms with E-state index in [1.807, 2.05) is 12.1 Å². The smallest absolute Gasteiger partial charge is 0.342 e. The van der Waals surface area contributed by atoms with Gasteiger partial charge in [0.05, 0.1) is 13.2 Å². The lowest BCUT2D eigenvalue weighted by Crippen LogP contribution is -2.24. The van der Waals surface area contributed by atoms with E-state index in [-0.39, 0.29) is 28.8 Å². The van der Waals surface area contributed by atoms with E-state index in [0.29, 0.717) is 24.8 Å². The quantitative estimate of drug-likeness (QED) is 0.560. The Morgan fingerprint density at radius 1 is 1.28 bits per heavy atom. The first kappa shape index (κ1) is 20.6. The van der Waals surface area contributed by atoms with Gasteiger partial charge >= 0.3 is 5.97 Å². The van der Waals surface area contributed by atoms with E-state index in [4.69, 9.17) is 13.9 Å². The van der Waals surface area contributed by atoms with E-state index in [1.165, 1.54) is 22.0 Å². The molecule has 0 aliphatic carbocycles. The van der Waals surface area contributed by atoms with Crippen LogP contribution in [-0.4, -0.2) is 28.7 Å². The number of rotatable bonds is 7. The highest BCUT2D eigenvalue weighted by molar-refractivity contribution is 6.03. The maximum absolute atomic E-state index is 12.9. The van der Waals surface area contributed by atoms with Crippen molar-refractivity contribution in [1.82, 2.24) is 9.55 Å². The van der Waals surface area contributed by atoms with Gasteiger partial charge in [-0.25, -0.2) is 9.78 Å². The molecule has 7 nitrogen and oxygen atoms in total. The zero-order valence-corrected chi connectivity index (χ0v) is 17.4. The average molecular weight is 398 g/mol. The number of benzene rings is 1. The number of carbonyl (C=O) groups is 1. The first-order valence-electron chi connectivity index (χ1n) is 9.72. The number of hydrogen-bond acceptors (Lipinski definition) is 6. The van der Waals surface area contributed by atoms with Crippen LogP contribution >= 0.6 is 0 Å². The Hall–Kier alpha value is -3.09. The Labute approximate surface area is 169 Å². The highest BCUT2D eigenvalue weighted by atomic mass is 16.5. The number of carbonyl (C=O) groups excluding carboxylic acids is 1. The zero-order chi connectivity index (χ0) is 21.1. The van der Waals surface area contributed by atoms with Crippen molar-refractivity contribution in [1.29, 1.82) is 0 Å². The Morgan fingerprint density at radius 3 is 2.69 bits per heavy atom. The van der Waals surface area contributed by atoms with Crippen LogP contribution in [0.3, 0.4) is 0 Å². The molecule has 0 N–H and O–H groups in total. The third-order valence-corrected chi connectivity index (χ3v) is 4.80. The van der Waals surface area contributed by atoms with Crippen molar-refractivity contribution in [2.24, 2.45) is 0 Å². The van der Waals surface area contributed by atoms with Gasteiger partial charge in [0.25, 0.3) is 5.56 Å². The number of nitrogens with zero attached hydrogens (tertiary/aromatic N) is 2. The molecular weight excluding hydrogens is 372 g/mol. The van der Waals surface area contributed by atoms with E-state index in [9.17, 15) is 9.59 Å². The minimum absolute atomic E-state index is 0.132. The lowest BCUT2D eigenvalue weighted by Gasteiger charge is -2.13. The summed E-state index contributed by atoms with van der Waals surface area (Å²) in [5, 5.41) is 0.139. The molecule has 0 saturated heterocycles. The van der Waals surface area contributed by atoms with Crippen molar-refractivity contribution < 1.29 is 18.7 Å². The Balaban J connectivity index is 1.80. The molecular formula is C22H26N2O5. The summed E-state index contributed by atoms with van der Waals surface area (Å²) in [6.45, 7) is 10.5. The van der Waals surface area contributed by atoms with E-state index in [1.54, 1.807) is 13.8 Å². The summed E-state index contributed by atoms with van der Waals surface area (Å²) in [5.74, 6) is 0.933. The summed E-state index contributed by atoms with van der Waals surface area (Å²) in [6, 6.07) is 6.00. The second-order valence-electron chi connectivity index (χ2n) is 7.20. The van der Waals surface area contributed by atoms with Crippen LogP contribution in [0.4, 0.5) is 0 Å². The summed E-state index contributed by atoms with van der Waals surface area (Å²) in [7, 11) is 0. The van der Waals surface area contributed by atoms with Gasteiger partial charge in [-0.2, -0.15) is 0 Å². The lowest BCUT2D eigenvalue weighted by atomic mass is 9.98. The molecule has 0 spiro atoms. The summed E-state index contributed by atoms with van der Waals surface area (Å²) in [6.07, 6.45) is 1.40. The molecule has 0 amide bonds. The zero-order valence-electron chi connectivity index (χ0n) is 17.4. The molecule has 2 heterocycles. The average Bonchev–Trinajstić information content (AvgIpc) is 3.00. The van der Waals surface area contributed by atoms with Crippen molar-refractivity contribution in [3.05, 3.63) is 57.3 Å². The Bertz CT molecular complexity index is 1090. The Kier molecular flexibility index (Phi) is 6.06. The van der Waals surface area contributed by atoms with Gasteiger partial charge in [0.2, 0.25) is 5.71 Å². The summed E-state index contributed by atoms with van der Waals surface area (Å²) in [4.78, 5) is 29.3. The molecule has 0 radical (unpaired) electrons. The molecule has 0 saturated carbocycles. The molecule has 3 rings (SSSR count). The molecule has 1 aromatic carbocycles. The first-order valence-corrected chi connectivity index (χ1v) is 9.72. The maximum atomic E-state index is 12.9. The number of ether oxygens (including phenoxy) is 2. The van der Waals surface area contributed by atoms with E-state index in [2.05, 4.69) is 31.8 Å². The maximum Gasteiger partial charge on any atom is 0.342 e. The number of fused-ring (bicyclic) bond motifs is 1. The molecule has 0 atom stereocenters. The normalized spacial score (nSPS) is 11.2. The monoisotopic (exact) mass is 398 g/mol. The molecule has 3 aromatic rings. The minimum atomic E-state index is -0.586. The van der Waals surface area contributed by atoms with Crippen molar-refractivity contribution in [3.63, 3.8) is 0 Å². The van der Waals surface area contributed by atoms with Gasteiger partial charge in [0, 0.05) is 0 Å². The number of esters is 1. The SMILES string of the molecule is CCOC(=O)c1c(C)oc2ncn(CCOc3ccc(C(C)C)c(C)c3)c(=O)c12. The standard InChI is InChI=1S/C22H26N2O5/c1-6-27-22(26)18-15(5)29-20-19(18)21(25)24(12-23-20)9-10-28-16-7-8-17(13(2)3)14(4)11-16/h7-8,11-13H,6,9-10H2,1-5H3. The van der Waals surface area contributed by atoms with Crippen molar-refractivity contribution in [2.75, 3.05) is 13.2 Å². The third kappa shape index (κ3) is 4.18. The number of aryl methyl sites for hydroxylation is 2. The van der Waals surface area contributed by atoms with Gasteiger partial charge < -0.3 is 13.9 Å². The second-order valence-corrected chi connectivity index (χ2v) is 7.20. The van der Waals surface area contributed by atoms with E-state index in [0.717, 1.165) is 5.75 Å². The molecule has 0 fully saturated rings. The minimum Gasteiger partial charge on any atom is -0.492 e. The Morgan fingerprint density at radius 2 is 2.03 bits per heavy atom. The van der Waals surface area contributed by atoms with Crippen molar-refractivity contribution >= 4 is 17.1 Å². The summed E-state index contributed by atoms with van der Waals surface area (Å²) < 4.78 is 17.7. The predicted molar refractivity (Wildman–Crippen MR) is 110 cm³/mol. The number of hydrogen-bond donors (Lipinski definition) is 0. The number of furan rings is 1. The highest BCUT2D eigenvalue weighted by Crippen LogP contribution is 2.24. The summed E-state index contributed by atoms with van der Waals surface area (Å²) in [5.41, 5.74) is 2.36. The van der Waals surface area contributed by atoms with Crippen LogP contribution in [0.15, 0.2) is 33.7 Å². The number of aromatic nitrogens is 2. The molecule has 0 aliphatic rings. The van der Waals surface area contributed by atoms with Gasteiger partial charge in [0.1, 0.15) is 35.4 Å². The van der Waals surface area contributed by atoms with Gasteiger partial charge in [-0.15, -0.1) is 0 Å².